The highest BCUT2D eigenvalue weighted by Gasteiger charge is 2.36. The zero-order valence-corrected chi connectivity index (χ0v) is 21.2. The van der Waals surface area contributed by atoms with Gasteiger partial charge in [-0.3, -0.25) is 4.79 Å². The first kappa shape index (κ1) is 25.9. The van der Waals surface area contributed by atoms with Gasteiger partial charge in [-0.05, 0) is 70.1 Å². The maximum atomic E-state index is 13.6. The van der Waals surface area contributed by atoms with Gasteiger partial charge >= 0.3 is 0 Å². The van der Waals surface area contributed by atoms with Crippen LogP contribution in [0.25, 0.3) is 0 Å². The maximum absolute atomic E-state index is 13.6. The minimum Gasteiger partial charge on any atom is -0.497 e. The van der Waals surface area contributed by atoms with Crippen LogP contribution in [-0.4, -0.2) is 108 Å². The molecule has 0 saturated carbocycles. The number of hydrogen-bond donors (Lipinski definition) is 0. The molecule has 1 aromatic rings. The van der Waals surface area contributed by atoms with Gasteiger partial charge in [0.05, 0.1) is 37.9 Å². The Morgan fingerprint density at radius 2 is 1.82 bits per heavy atom. The molecule has 2 aliphatic rings. The average molecular weight is 484 g/mol. The summed E-state index contributed by atoms with van der Waals surface area (Å²) in [5.74, 6) is 0.538. The fourth-order valence-electron chi connectivity index (χ4n) is 4.61. The Balaban J connectivity index is 1.64. The fourth-order valence-corrected chi connectivity index (χ4v) is 6.61. The molecular formula is C23H37N3O6S. The maximum Gasteiger partial charge on any atom is 0.248 e. The number of likely N-dealkylation sites (N-methyl/N-ethyl adjacent to an activating group) is 1. The second-order valence-corrected chi connectivity index (χ2v) is 10.8. The van der Waals surface area contributed by atoms with Crippen molar-refractivity contribution in [2.75, 3.05) is 67.3 Å². The number of rotatable bonds is 8. The van der Waals surface area contributed by atoms with Crippen LogP contribution in [0.5, 0.6) is 5.75 Å². The highest BCUT2D eigenvalue weighted by Crippen LogP contribution is 2.30. The van der Waals surface area contributed by atoms with Crippen molar-refractivity contribution >= 4 is 15.9 Å². The number of sulfonamides is 1. The molecule has 2 fully saturated rings. The lowest BCUT2D eigenvalue weighted by Crippen LogP contribution is -2.51. The summed E-state index contributed by atoms with van der Waals surface area (Å²) in [6, 6.07) is 3.17. The van der Waals surface area contributed by atoms with Gasteiger partial charge in [-0.2, -0.15) is 4.31 Å². The predicted octanol–water partition coefficient (Wildman–Crippen LogP) is 1.27. The van der Waals surface area contributed by atoms with E-state index in [1.807, 2.05) is 7.05 Å². The van der Waals surface area contributed by atoms with Crippen LogP contribution in [0.15, 0.2) is 17.0 Å². The number of likely N-dealkylation sites (tertiary alicyclic amines) is 1. The number of piperidine rings is 1. The Morgan fingerprint density at radius 3 is 2.42 bits per heavy atom. The molecule has 1 atom stereocenters. The van der Waals surface area contributed by atoms with Crippen LogP contribution in [0.4, 0.5) is 0 Å². The lowest BCUT2D eigenvalue weighted by molar-refractivity contribution is -0.138. The molecule has 2 saturated heterocycles. The number of amides is 1. The molecule has 0 spiro atoms. The number of ether oxygens (including phenoxy) is 3. The van der Waals surface area contributed by atoms with Crippen molar-refractivity contribution in [2.45, 2.75) is 43.7 Å². The van der Waals surface area contributed by atoms with Gasteiger partial charge in [0.25, 0.3) is 0 Å². The van der Waals surface area contributed by atoms with Crippen molar-refractivity contribution in [3.63, 3.8) is 0 Å². The molecule has 186 valence electrons. The number of benzene rings is 1. The van der Waals surface area contributed by atoms with E-state index in [-0.39, 0.29) is 43.2 Å². The molecule has 0 N–H and O–H groups in total. The van der Waals surface area contributed by atoms with Crippen LogP contribution >= 0.6 is 0 Å². The Morgan fingerprint density at radius 1 is 1.18 bits per heavy atom. The van der Waals surface area contributed by atoms with Gasteiger partial charge in [-0.25, -0.2) is 8.42 Å². The minimum atomic E-state index is -3.77. The minimum absolute atomic E-state index is 0.0756. The number of carbonyl (C=O) groups excluding carboxylic acids is 1. The third-order valence-corrected chi connectivity index (χ3v) is 8.83. The van der Waals surface area contributed by atoms with Gasteiger partial charge in [-0.15, -0.1) is 0 Å². The van der Waals surface area contributed by atoms with E-state index in [1.54, 1.807) is 38.0 Å². The molecule has 2 heterocycles. The van der Waals surface area contributed by atoms with Crippen molar-refractivity contribution < 1.29 is 27.4 Å². The Hall–Kier alpha value is -1.72. The third kappa shape index (κ3) is 6.05. The van der Waals surface area contributed by atoms with Crippen molar-refractivity contribution in [1.29, 1.82) is 0 Å². The monoisotopic (exact) mass is 483 g/mol. The quantitative estimate of drug-likeness (QED) is 0.550. The van der Waals surface area contributed by atoms with Crippen molar-refractivity contribution in [2.24, 2.45) is 0 Å². The Kier molecular flexibility index (Phi) is 8.74. The molecule has 9 nitrogen and oxygen atoms in total. The average Bonchev–Trinajstić information content (AvgIpc) is 2.78. The smallest absolute Gasteiger partial charge is 0.248 e. The number of methoxy groups -OCH3 is 1. The normalized spacial score (nSPS) is 21.2. The van der Waals surface area contributed by atoms with E-state index >= 15 is 0 Å². The van der Waals surface area contributed by atoms with Crippen LogP contribution in [-0.2, 0) is 24.3 Å². The third-order valence-electron chi connectivity index (χ3n) is 6.57. The highest BCUT2D eigenvalue weighted by atomic mass is 32.2. The summed E-state index contributed by atoms with van der Waals surface area (Å²) in [7, 11) is 1.69. The summed E-state index contributed by atoms with van der Waals surface area (Å²) < 4.78 is 45.1. The van der Waals surface area contributed by atoms with Crippen LogP contribution in [0, 0.1) is 13.8 Å². The summed E-state index contributed by atoms with van der Waals surface area (Å²) in [6.07, 6.45) is 1.89. The first-order valence-corrected chi connectivity index (χ1v) is 12.9. The number of nitrogens with zero attached hydrogens (tertiary/aromatic N) is 3. The summed E-state index contributed by atoms with van der Waals surface area (Å²) in [6.45, 7) is 6.30. The fraction of sp³-hybridized carbons (Fsp3) is 0.696. The van der Waals surface area contributed by atoms with Crippen molar-refractivity contribution in [1.82, 2.24) is 14.1 Å². The predicted molar refractivity (Wildman–Crippen MR) is 125 cm³/mol. The van der Waals surface area contributed by atoms with Gasteiger partial charge in [-0.1, -0.05) is 0 Å². The van der Waals surface area contributed by atoms with Gasteiger partial charge in [0.1, 0.15) is 12.4 Å². The van der Waals surface area contributed by atoms with E-state index < -0.39 is 16.1 Å². The molecule has 0 radical (unpaired) electrons. The molecule has 1 amide bonds. The van der Waals surface area contributed by atoms with Gasteiger partial charge in [0.2, 0.25) is 15.9 Å². The number of aryl methyl sites for hydroxylation is 2. The van der Waals surface area contributed by atoms with Gasteiger partial charge < -0.3 is 24.0 Å². The van der Waals surface area contributed by atoms with Crippen LogP contribution in [0.2, 0.25) is 0 Å². The molecule has 33 heavy (non-hydrogen) atoms. The van der Waals surface area contributed by atoms with Crippen molar-refractivity contribution in [3.8, 4) is 5.75 Å². The van der Waals surface area contributed by atoms with E-state index in [0.29, 0.717) is 23.5 Å². The van der Waals surface area contributed by atoms with E-state index in [2.05, 4.69) is 11.9 Å². The Bertz CT molecular complexity index is 907. The molecular weight excluding hydrogens is 446 g/mol. The summed E-state index contributed by atoms with van der Waals surface area (Å²) in [5, 5.41) is 0. The molecule has 1 aromatic carbocycles. The van der Waals surface area contributed by atoms with E-state index in [4.69, 9.17) is 14.2 Å². The molecule has 0 bridgehead atoms. The second kappa shape index (κ2) is 11.1. The number of hydrogen-bond acceptors (Lipinski definition) is 7. The molecule has 0 aliphatic carbocycles. The van der Waals surface area contributed by atoms with Gasteiger partial charge in [0, 0.05) is 19.6 Å². The lowest BCUT2D eigenvalue weighted by atomic mass is 10.0. The van der Waals surface area contributed by atoms with Crippen molar-refractivity contribution in [3.05, 3.63) is 23.3 Å². The summed E-state index contributed by atoms with van der Waals surface area (Å²) in [4.78, 5) is 16.9. The van der Waals surface area contributed by atoms with E-state index in [9.17, 15) is 13.2 Å². The Labute approximate surface area is 197 Å². The molecule has 10 heteroatoms. The van der Waals surface area contributed by atoms with E-state index in [0.717, 1.165) is 25.9 Å². The first-order valence-electron chi connectivity index (χ1n) is 11.4. The largest absolute Gasteiger partial charge is 0.497 e. The van der Waals surface area contributed by atoms with Crippen LogP contribution in [0.3, 0.4) is 0 Å². The van der Waals surface area contributed by atoms with Crippen LogP contribution < -0.4 is 4.74 Å². The number of morpholine rings is 1. The highest BCUT2D eigenvalue weighted by molar-refractivity contribution is 7.89. The standard InChI is InChI=1S/C23H37N3O6S/c1-17-12-21(30-5)13-18(2)23(17)33(28,29)26-10-11-31-14-20(26)15-32-16-22(27)25(4)19-6-8-24(3)9-7-19/h12-13,19-20H,6-11,14-16H2,1-5H3/t20-/m0/s1. The molecule has 2 aliphatic heterocycles. The topological polar surface area (TPSA) is 88.6 Å². The molecule has 0 unspecified atom stereocenters. The zero-order chi connectivity index (χ0) is 24.2. The number of carbonyl (C=O) groups is 1. The summed E-state index contributed by atoms with van der Waals surface area (Å²) in [5.41, 5.74) is 1.26. The zero-order valence-electron chi connectivity index (χ0n) is 20.4. The van der Waals surface area contributed by atoms with Gasteiger partial charge in [0.15, 0.2) is 0 Å². The lowest BCUT2D eigenvalue weighted by Gasteiger charge is -2.36. The van der Waals surface area contributed by atoms with E-state index in [1.165, 1.54) is 4.31 Å². The molecule has 3 rings (SSSR count). The first-order chi connectivity index (χ1) is 15.6. The second-order valence-electron chi connectivity index (χ2n) is 8.99. The molecule has 0 aromatic heterocycles. The van der Waals surface area contributed by atoms with Crippen LogP contribution in [0.1, 0.15) is 24.0 Å². The summed E-state index contributed by atoms with van der Waals surface area (Å²) >= 11 is 0. The SMILES string of the molecule is COc1cc(C)c(S(=O)(=O)N2CCOC[C@H]2COCC(=O)N(C)C2CCN(C)CC2)c(C)c1.